The number of hydrogen-bond donors (Lipinski definition) is 1. The van der Waals surface area contributed by atoms with Crippen LogP contribution in [0.25, 0.3) is 0 Å². The monoisotopic (exact) mass is 247 g/mol. The Balaban J connectivity index is 2.17. The second-order valence-electron chi connectivity index (χ2n) is 3.91. The van der Waals surface area contributed by atoms with Gasteiger partial charge in [0.1, 0.15) is 0 Å². The zero-order chi connectivity index (χ0) is 13.1. The summed E-state index contributed by atoms with van der Waals surface area (Å²) in [6.45, 7) is 2.24. The molecule has 0 aliphatic rings. The Kier molecular flexibility index (Phi) is 3.22. The summed E-state index contributed by atoms with van der Waals surface area (Å²) in [5, 5.41) is 21.5. The van der Waals surface area contributed by atoms with E-state index in [4.69, 9.17) is 0 Å². The third-order valence-electron chi connectivity index (χ3n) is 2.77. The smallest absolute Gasteiger partial charge is 0.274 e. The number of benzene rings is 1. The average molecular weight is 247 g/mol. The average Bonchev–Trinajstić information content (AvgIpc) is 2.73. The number of nitro groups is 1. The van der Waals surface area contributed by atoms with E-state index < -0.39 is 0 Å². The molecule has 1 aromatic heterocycles. The molecule has 0 spiro atoms. The highest BCUT2D eigenvalue weighted by atomic mass is 16.6. The van der Waals surface area contributed by atoms with Crippen LogP contribution < -0.4 is 5.32 Å². The Morgan fingerprint density at radius 3 is 2.89 bits per heavy atom. The van der Waals surface area contributed by atoms with Gasteiger partial charge in [-0.1, -0.05) is 11.3 Å². The highest BCUT2D eigenvalue weighted by Crippen LogP contribution is 2.25. The van der Waals surface area contributed by atoms with E-state index in [2.05, 4.69) is 15.6 Å². The molecule has 1 heterocycles. The molecule has 0 bridgehead atoms. The number of aryl methyl sites for hydroxylation is 1. The van der Waals surface area contributed by atoms with Crippen LogP contribution in [0.2, 0.25) is 0 Å². The van der Waals surface area contributed by atoms with E-state index in [1.807, 2.05) is 6.07 Å². The summed E-state index contributed by atoms with van der Waals surface area (Å²) in [5.74, 6) is 0. The van der Waals surface area contributed by atoms with E-state index in [0.29, 0.717) is 12.1 Å². The first-order valence-corrected chi connectivity index (χ1v) is 5.41. The summed E-state index contributed by atoms with van der Waals surface area (Å²) >= 11 is 0. The summed E-state index contributed by atoms with van der Waals surface area (Å²) in [6, 6.07) is 4.97. The highest BCUT2D eigenvalue weighted by molar-refractivity contribution is 5.59. The van der Waals surface area contributed by atoms with Crippen LogP contribution in [0.15, 0.2) is 24.4 Å². The summed E-state index contributed by atoms with van der Waals surface area (Å²) in [6.07, 6.45) is 1.65. The molecule has 0 saturated heterocycles. The van der Waals surface area contributed by atoms with Crippen LogP contribution in [-0.2, 0) is 13.6 Å². The lowest BCUT2D eigenvalue weighted by atomic mass is 10.1. The minimum Gasteiger partial charge on any atom is -0.379 e. The zero-order valence-electron chi connectivity index (χ0n) is 10.1. The van der Waals surface area contributed by atoms with Crippen molar-refractivity contribution in [3.05, 3.63) is 45.8 Å². The van der Waals surface area contributed by atoms with Crippen LogP contribution >= 0.6 is 0 Å². The van der Waals surface area contributed by atoms with E-state index in [-0.39, 0.29) is 10.6 Å². The van der Waals surface area contributed by atoms with Crippen LogP contribution in [0.3, 0.4) is 0 Å². The van der Waals surface area contributed by atoms with Crippen molar-refractivity contribution < 1.29 is 4.92 Å². The molecule has 0 unspecified atom stereocenters. The van der Waals surface area contributed by atoms with Crippen LogP contribution in [0.5, 0.6) is 0 Å². The third-order valence-corrected chi connectivity index (χ3v) is 2.77. The predicted octanol–water partition coefficient (Wildman–Crippen LogP) is 1.64. The van der Waals surface area contributed by atoms with Crippen LogP contribution in [0.1, 0.15) is 11.3 Å². The van der Waals surface area contributed by atoms with Gasteiger partial charge in [-0.2, -0.15) is 0 Å². The van der Waals surface area contributed by atoms with Crippen molar-refractivity contribution in [3.8, 4) is 0 Å². The highest BCUT2D eigenvalue weighted by Gasteiger charge is 2.13. The third kappa shape index (κ3) is 2.29. The minimum absolute atomic E-state index is 0.114. The first-order chi connectivity index (χ1) is 8.59. The van der Waals surface area contributed by atoms with Gasteiger partial charge in [0.05, 0.1) is 23.4 Å². The lowest BCUT2D eigenvalue weighted by molar-refractivity contribution is -0.385. The van der Waals surface area contributed by atoms with Crippen molar-refractivity contribution in [3.63, 3.8) is 0 Å². The van der Waals surface area contributed by atoms with E-state index in [0.717, 1.165) is 11.4 Å². The number of anilines is 1. The van der Waals surface area contributed by atoms with Gasteiger partial charge < -0.3 is 5.32 Å². The minimum atomic E-state index is -0.383. The van der Waals surface area contributed by atoms with Crippen LogP contribution in [-0.4, -0.2) is 19.9 Å². The van der Waals surface area contributed by atoms with Gasteiger partial charge in [0.15, 0.2) is 0 Å². The molecule has 0 atom stereocenters. The van der Waals surface area contributed by atoms with E-state index >= 15 is 0 Å². The molecule has 0 saturated carbocycles. The number of nitrogens with one attached hydrogen (secondary N) is 1. The molecule has 0 amide bonds. The Labute approximate surface area is 104 Å². The Hall–Kier alpha value is -2.44. The molecule has 18 heavy (non-hydrogen) atoms. The number of nitro benzene ring substituents is 1. The van der Waals surface area contributed by atoms with Gasteiger partial charge in [-0.25, -0.2) is 0 Å². The number of aromatic nitrogens is 3. The Morgan fingerprint density at radius 2 is 2.28 bits per heavy atom. The molecular formula is C11H13N5O2. The largest absolute Gasteiger partial charge is 0.379 e. The molecule has 0 aliphatic carbocycles. The summed E-state index contributed by atoms with van der Waals surface area (Å²) < 4.78 is 1.65. The topological polar surface area (TPSA) is 85.9 Å². The lowest BCUT2D eigenvalue weighted by Gasteiger charge is -2.09. The Morgan fingerprint density at radius 1 is 1.50 bits per heavy atom. The normalized spacial score (nSPS) is 10.3. The SMILES string of the molecule is Cc1c(NCc2cnnn2C)cccc1[N+](=O)[O-]. The molecule has 2 aromatic rings. The maximum atomic E-state index is 10.8. The Bertz CT molecular complexity index is 579. The van der Waals surface area contributed by atoms with Crippen molar-refractivity contribution in [2.24, 2.45) is 7.05 Å². The molecule has 0 radical (unpaired) electrons. The van der Waals surface area contributed by atoms with Gasteiger partial charge in [-0.3, -0.25) is 14.8 Å². The van der Waals surface area contributed by atoms with Crippen molar-refractivity contribution in [1.82, 2.24) is 15.0 Å². The van der Waals surface area contributed by atoms with Gasteiger partial charge in [0.2, 0.25) is 0 Å². The lowest BCUT2D eigenvalue weighted by Crippen LogP contribution is -2.07. The molecule has 7 nitrogen and oxygen atoms in total. The number of nitrogens with zero attached hydrogens (tertiary/aromatic N) is 4. The van der Waals surface area contributed by atoms with Crippen molar-refractivity contribution in [2.45, 2.75) is 13.5 Å². The van der Waals surface area contributed by atoms with E-state index in [9.17, 15) is 10.1 Å². The summed E-state index contributed by atoms with van der Waals surface area (Å²) in [4.78, 5) is 10.4. The first-order valence-electron chi connectivity index (χ1n) is 5.41. The van der Waals surface area contributed by atoms with Crippen LogP contribution in [0.4, 0.5) is 11.4 Å². The molecule has 0 aliphatic heterocycles. The van der Waals surface area contributed by atoms with Gasteiger partial charge in [0.25, 0.3) is 5.69 Å². The fourth-order valence-electron chi connectivity index (χ4n) is 1.67. The summed E-state index contributed by atoms with van der Waals surface area (Å²) in [5.41, 5.74) is 2.38. The second kappa shape index (κ2) is 4.82. The molecule has 94 valence electrons. The molecule has 1 aromatic carbocycles. The maximum Gasteiger partial charge on any atom is 0.274 e. The van der Waals surface area contributed by atoms with Gasteiger partial charge in [0, 0.05) is 24.4 Å². The molecule has 7 heteroatoms. The fraction of sp³-hybridized carbons (Fsp3) is 0.273. The summed E-state index contributed by atoms with van der Waals surface area (Å²) in [7, 11) is 1.80. The van der Waals surface area contributed by atoms with Gasteiger partial charge in [-0.05, 0) is 13.0 Å². The van der Waals surface area contributed by atoms with Gasteiger partial charge in [-0.15, -0.1) is 5.10 Å². The number of rotatable bonds is 4. The second-order valence-corrected chi connectivity index (χ2v) is 3.91. The molecular weight excluding hydrogens is 234 g/mol. The van der Waals surface area contributed by atoms with Crippen molar-refractivity contribution in [1.29, 1.82) is 0 Å². The molecule has 1 N–H and O–H groups in total. The molecule has 0 fully saturated rings. The maximum absolute atomic E-state index is 10.8. The van der Waals surface area contributed by atoms with Gasteiger partial charge >= 0.3 is 0 Å². The predicted molar refractivity (Wildman–Crippen MR) is 66.2 cm³/mol. The van der Waals surface area contributed by atoms with Crippen molar-refractivity contribution in [2.75, 3.05) is 5.32 Å². The molecule has 2 rings (SSSR count). The van der Waals surface area contributed by atoms with Crippen molar-refractivity contribution >= 4 is 11.4 Å². The number of hydrogen-bond acceptors (Lipinski definition) is 5. The van der Waals surface area contributed by atoms with Crippen LogP contribution in [0, 0.1) is 17.0 Å². The fourth-order valence-corrected chi connectivity index (χ4v) is 1.67. The first kappa shape index (κ1) is 12.0. The quantitative estimate of drug-likeness (QED) is 0.655. The van der Waals surface area contributed by atoms with E-state index in [1.165, 1.54) is 6.07 Å². The zero-order valence-corrected chi connectivity index (χ0v) is 10.1. The standard InChI is InChI=1S/C11H13N5O2/c1-8-10(4-3-5-11(8)16(17)18)12-6-9-7-13-14-15(9)2/h3-5,7,12H,6H2,1-2H3. The van der Waals surface area contributed by atoms with E-state index in [1.54, 1.807) is 30.9 Å².